The number of rotatable bonds is 10. The van der Waals surface area contributed by atoms with E-state index in [9.17, 15) is 18.0 Å². The molecular weight excluding hydrogens is 509 g/mol. The average Bonchev–Trinajstić information content (AvgIpc) is 3.32. The van der Waals surface area contributed by atoms with Gasteiger partial charge in [0.1, 0.15) is 16.5 Å². The van der Waals surface area contributed by atoms with Crippen molar-refractivity contribution in [3.63, 3.8) is 0 Å². The number of carbonyl (C=O) groups is 1. The summed E-state index contributed by atoms with van der Waals surface area (Å²) in [6.07, 6.45) is -4.46. The van der Waals surface area contributed by atoms with Crippen LogP contribution in [0.25, 0.3) is 16.3 Å². The Labute approximate surface area is 213 Å². The Morgan fingerprint density at radius 2 is 1.73 bits per heavy atom. The summed E-state index contributed by atoms with van der Waals surface area (Å²) in [7, 11) is 0. The fraction of sp³-hybridized carbons (Fsp3) is 0.0800. The van der Waals surface area contributed by atoms with Gasteiger partial charge < -0.3 is 15.2 Å². The molecule has 190 valence electrons. The van der Waals surface area contributed by atoms with Gasteiger partial charge in [0.15, 0.2) is 6.61 Å². The zero-order chi connectivity index (χ0) is 26.4. The van der Waals surface area contributed by atoms with Crippen molar-refractivity contribution in [3.05, 3.63) is 90.5 Å². The quantitative estimate of drug-likeness (QED) is 0.205. The smallest absolute Gasteiger partial charge is 0.416 e. The van der Waals surface area contributed by atoms with Gasteiger partial charge in [0.2, 0.25) is 5.13 Å². The lowest BCUT2D eigenvalue weighted by molar-refractivity contribution is -0.144. The van der Waals surface area contributed by atoms with Gasteiger partial charge in [-0.15, -0.1) is 10.2 Å². The molecule has 4 rings (SSSR count). The minimum Gasteiger partial charge on any atom is -0.479 e. The van der Waals surface area contributed by atoms with Crippen molar-refractivity contribution in [3.8, 4) is 22.1 Å². The molecule has 0 aliphatic carbocycles. The van der Waals surface area contributed by atoms with Gasteiger partial charge in [-0.2, -0.15) is 13.2 Å². The van der Waals surface area contributed by atoms with E-state index in [0.717, 1.165) is 12.1 Å². The molecule has 0 spiro atoms. The van der Waals surface area contributed by atoms with E-state index in [4.69, 9.17) is 14.7 Å². The van der Waals surface area contributed by atoms with Crippen LogP contribution in [-0.2, 0) is 15.8 Å². The van der Waals surface area contributed by atoms with Crippen LogP contribution in [0.1, 0.15) is 11.1 Å². The maximum absolute atomic E-state index is 13.0. The van der Waals surface area contributed by atoms with Crippen LogP contribution in [0.15, 0.2) is 79.4 Å². The van der Waals surface area contributed by atoms with Gasteiger partial charge in [-0.3, -0.25) is 10.3 Å². The summed E-state index contributed by atoms with van der Waals surface area (Å²) in [6.45, 7) is 3.30. The summed E-state index contributed by atoms with van der Waals surface area (Å²) in [5.41, 5.74) is 4.09. The van der Waals surface area contributed by atoms with Crippen LogP contribution in [-0.4, -0.2) is 27.9 Å². The number of nitrogens with one attached hydrogen (secondary N) is 2. The van der Waals surface area contributed by atoms with Gasteiger partial charge in [-0.05, 0) is 42.5 Å². The summed E-state index contributed by atoms with van der Waals surface area (Å²) >= 11 is 1.27. The Morgan fingerprint density at radius 3 is 2.49 bits per heavy atom. The van der Waals surface area contributed by atoms with Crippen LogP contribution in [0, 0.1) is 0 Å². The molecule has 0 fully saturated rings. The van der Waals surface area contributed by atoms with E-state index >= 15 is 0 Å². The van der Waals surface area contributed by atoms with Gasteiger partial charge in [0.25, 0.3) is 0 Å². The third kappa shape index (κ3) is 7.06. The van der Waals surface area contributed by atoms with Crippen LogP contribution in [0.4, 0.5) is 24.0 Å². The first-order valence-electron chi connectivity index (χ1n) is 10.6. The fourth-order valence-electron chi connectivity index (χ4n) is 3.11. The number of alkyl halides is 3. The molecule has 1 heterocycles. The van der Waals surface area contributed by atoms with Crippen molar-refractivity contribution < 1.29 is 32.6 Å². The van der Waals surface area contributed by atoms with Crippen molar-refractivity contribution >= 4 is 33.8 Å². The van der Waals surface area contributed by atoms with E-state index in [0.29, 0.717) is 38.4 Å². The summed E-state index contributed by atoms with van der Waals surface area (Å²) in [5.74, 6) is -0.697. The van der Waals surface area contributed by atoms with Crippen LogP contribution < -0.4 is 15.5 Å². The summed E-state index contributed by atoms with van der Waals surface area (Å²) in [5, 5.41) is 21.2. The Balaban J connectivity index is 1.44. The largest absolute Gasteiger partial charge is 0.479 e. The molecule has 3 N–H and O–H groups in total. The Bertz CT molecular complexity index is 1420. The molecule has 3 aromatic carbocycles. The highest BCUT2D eigenvalue weighted by atomic mass is 32.1. The summed E-state index contributed by atoms with van der Waals surface area (Å²) in [6, 6.07) is 18.6. The number of anilines is 2. The number of halogens is 3. The van der Waals surface area contributed by atoms with E-state index in [2.05, 4.69) is 27.6 Å². The summed E-state index contributed by atoms with van der Waals surface area (Å²) < 4.78 is 44.6. The lowest BCUT2D eigenvalue weighted by Gasteiger charge is -2.10. The minimum absolute atomic E-state index is 0.0657. The number of nitrogens with zero attached hydrogens (tertiary/aromatic N) is 2. The molecule has 8 nitrogen and oxygen atoms in total. The second-order valence-corrected chi connectivity index (χ2v) is 8.51. The zero-order valence-corrected chi connectivity index (χ0v) is 19.8. The molecule has 37 heavy (non-hydrogen) atoms. The molecule has 0 aliphatic heterocycles. The maximum atomic E-state index is 13.0. The molecule has 0 unspecified atom stereocenters. The average molecular weight is 529 g/mol. The van der Waals surface area contributed by atoms with Crippen molar-refractivity contribution in [2.45, 2.75) is 6.18 Å². The van der Waals surface area contributed by atoms with E-state index in [1.807, 2.05) is 0 Å². The van der Waals surface area contributed by atoms with Crippen molar-refractivity contribution in [1.29, 1.82) is 0 Å². The first kappa shape index (κ1) is 25.7. The molecule has 0 saturated heterocycles. The number of aliphatic carboxylic acids is 1. The number of hydroxylamine groups is 1. The number of aromatic nitrogens is 2. The second kappa shape index (κ2) is 11.1. The van der Waals surface area contributed by atoms with Gasteiger partial charge in [0, 0.05) is 16.8 Å². The molecule has 0 amide bonds. The van der Waals surface area contributed by atoms with Crippen LogP contribution in [0.3, 0.4) is 0 Å². The fourth-order valence-corrected chi connectivity index (χ4v) is 3.87. The highest BCUT2D eigenvalue weighted by molar-refractivity contribution is 7.18. The molecule has 0 bridgehead atoms. The van der Waals surface area contributed by atoms with Crippen LogP contribution in [0.5, 0.6) is 11.5 Å². The Hall–Kier alpha value is -4.42. The van der Waals surface area contributed by atoms with Crippen LogP contribution in [0.2, 0.25) is 0 Å². The topological polar surface area (TPSA) is 106 Å². The Kier molecular flexibility index (Phi) is 7.70. The van der Waals surface area contributed by atoms with Gasteiger partial charge in [0.05, 0.1) is 11.3 Å². The predicted octanol–water partition coefficient (Wildman–Crippen LogP) is 6.34. The Morgan fingerprint density at radius 1 is 1.00 bits per heavy atom. The highest BCUT2D eigenvalue weighted by Crippen LogP contribution is 2.34. The van der Waals surface area contributed by atoms with Crippen molar-refractivity contribution in [1.82, 2.24) is 15.7 Å². The SMILES string of the molecule is C=C(NOCC(=O)O)c1cccc(Nc2nnc(-c3cccc(Oc4cccc(C(F)(F)F)c4)c3)s2)c1. The molecule has 0 aliphatic rings. The number of benzene rings is 3. The lowest BCUT2D eigenvalue weighted by Crippen LogP contribution is -2.18. The summed E-state index contributed by atoms with van der Waals surface area (Å²) in [4.78, 5) is 15.4. The van der Waals surface area contributed by atoms with E-state index in [-0.39, 0.29) is 5.75 Å². The van der Waals surface area contributed by atoms with E-state index < -0.39 is 24.3 Å². The first-order chi connectivity index (χ1) is 17.7. The third-order valence-electron chi connectivity index (χ3n) is 4.76. The number of hydrogen-bond acceptors (Lipinski definition) is 8. The predicted molar refractivity (Wildman–Crippen MR) is 132 cm³/mol. The van der Waals surface area contributed by atoms with Crippen molar-refractivity contribution in [2.75, 3.05) is 11.9 Å². The molecule has 1 aromatic heterocycles. The maximum Gasteiger partial charge on any atom is 0.416 e. The van der Waals surface area contributed by atoms with Crippen molar-refractivity contribution in [2.24, 2.45) is 0 Å². The number of carboxylic acid groups (broad SMARTS) is 1. The third-order valence-corrected chi connectivity index (χ3v) is 5.64. The molecular formula is C25H19F3N4O4S. The van der Waals surface area contributed by atoms with Crippen LogP contribution >= 0.6 is 11.3 Å². The highest BCUT2D eigenvalue weighted by Gasteiger charge is 2.30. The number of ether oxygens (including phenoxy) is 1. The standard InChI is InChI=1S/C25H19F3N4O4S/c1-15(32-35-14-22(33)34)16-5-2-8-19(11-16)29-24-31-30-23(37-24)17-6-3-9-20(12-17)36-21-10-4-7-18(13-21)25(26,27)28/h2-13,32H,1,14H2,(H,29,31)(H,33,34). The zero-order valence-electron chi connectivity index (χ0n) is 19.0. The first-order valence-corrected chi connectivity index (χ1v) is 11.4. The minimum atomic E-state index is -4.46. The van der Waals surface area contributed by atoms with Gasteiger partial charge in [-0.1, -0.05) is 48.2 Å². The number of carboxylic acids is 1. The molecule has 0 atom stereocenters. The second-order valence-electron chi connectivity index (χ2n) is 7.54. The van der Waals surface area contributed by atoms with E-state index in [1.165, 1.54) is 23.5 Å². The van der Waals surface area contributed by atoms with E-state index in [1.54, 1.807) is 48.5 Å². The molecule has 0 radical (unpaired) electrons. The molecule has 12 heteroatoms. The monoisotopic (exact) mass is 528 g/mol. The molecule has 4 aromatic rings. The normalized spacial score (nSPS) is 11.1. The number of hydrogen-bond donors (Lipinski definition) is 3. The molecule has 0 saturated carbocycles. The lowest BCUT2D eigenvalue weighted by atomic mass is 10.1. The van der Waals surface area contributed by atoms with Gasteiger partial charge in [-0.25, -0.2) is 4.79 Å². The van der Waals surface area contributed by atoms with Gasteiger partial charge >= 0.3 is 12.1 Å².